The summed E-state index contributed by atoms with van der Waals surface area (Å²) in [5.41, 5.74) is 2.42. The molecule has 1 aromatic carbocycles. The van der Waals surface area contributed by atoms with E-state index < -0.39 is 6.23 Å². The number of hydrogen-bond donors (Lipinski definition) is 1. The first-order chi connectivity index (χ1) is 12.8. The molecule has 2 aromatic heterocycles. The molecule has 1 atom stereocenters. The Kier molecular flexibility index (Phi) is 4.70. The maximum Gasteiger partial charge on any atom is 0.247 e. The Bertz CT molecular complexity index is 940. The van der Waals surface area contributed by atoms with E-state index in [1.54, 1.807) is 12.3 Å². The Labute approximate surface area is 155 Å². The lowest BCUT2D eigenvalue weighted by Crippen LogP contribution is -2.23. The first-order valence-electron chi connectivity index (χ1n) is 8.06. The van der Waals surface area contributed by atoms with Crippen LogP contribution in [0.2, 0.25) is 0 Å². The van der Waals surface area contributed by atoms with Gasteiger partial charge in [-0.05, 0) is 30.4 Å². The van der Waals surface area contributed by atoms with E-state index in [2.05, 4.69) is 27.1 Å². The van der Waals surface area contributed by atoms with Gasteiger partial charge in [-0.3, -0.25) is 0 Å². The van der Waals surface area contributed by atoms with Crippen molar-refractivity contribution in [2.24, 2.45) is 0 Å². The molecule has 0 bridgehead atoms. The molecular weight excluding hydrogens is 348 g/mol. The quantitative estimate of drug-likeness (QED) is 0.536. The summed E-state index contributed by atoms with van der Waals surface area (Å²) in [5.74, 6) is 1.89. The van der Waals surface area contributed by atoms with Crippen molar-refractivity contribution in [1.29, 1.82) is 0 Å². The van der Waals surface area contributed by atoms with Gasteiger partial charge in [-0.15, -0.1) is 16.8 Å². The summed E-state index contributed by atoms with van der Waals surface area (Å²) in [6.07, 6.45) is 6.74. The number of furan rings is 1. The fourth-order valence-electron chi connectivity index (χ4n) is 2.52. The van der Waals surface area contributed by atoms with Crippen LogP contribution in [-0.4, -0.2) is 27.2 Å². The molecule has 0 radical (unpaired) electrons. The number of aromatic nitrogens is 3. The number of anilines is 1. The van der Waals surface area contributed by atoms with Crippen molar-refractivity contribution in [2.45, 2.75) is 11.4 Å². The first kappa shape index (κ1) is 16.4. The topological polar surface area (TPSA) is 73.1 Å². The van der Waals surface area contributed by atoms with Crippen LogP contribution in [0.4, 0.5) is 5.69 Å². The van der Waals surface area contributed by atoms with E-state index in [1.807, 2.05) is 48.6 Å². The molecule has 0 saturated heterocycles. The fourth-order valence-corrected chi connectivity index (χ4v) is 3.03. The lowest BCUT2D eigenvalue weighted by molar-refractivity contribution is 0.266. The summed E-state index contributed by atoms with van der Waals surface area (Å²) >= 11 is 1.46. The molecule has 130 valence electrons. The third-order valence-corrected chi connectivity index (χ3v) is 4.50. The zero-order chi connectivity index (χ0) is 17.8. The molecule has 0 aliphatic carbocycles. The maximum absolute atomic E-state index is 6.07. The van der Waals surface area contributed by atoms with Crippen LogP contribution < -0.4 is 10.1 Å². The highest BCUT2D eigenvalue weighted by molar-refractivity contribution is 7.99. The number of benzene rings is 1. The van der Waals surface area contributed by atoms with Gasteiger partial charge in [0.1, 0.15) is 5.76 Å². The summed E-state index contributed by atoms with van der Waals surface area (Å²) in [6, 6.07) is 11.6. The third kappa shape index (κ3) is 3.48. The number of ether oxygens (including phenoxy) is 1. The van der Waals surface area contributed by atoms with Gasteiger partial charge >= 0.3 is 0 Å². The van der Waals surface area contributed by atoms with E-state index in [4.69, 9.17) is 9.15 Å². The predicted octanol–water partition coefficient (Wildman–Crippen LogP) is 4.25. The van der Waals surface area contributed by atoms with Crippen molar-refractivity contribution in [2.75, 3.05) is 11.1 Å². The molecule has 1 aliphatic heterocycles. The number of thioether (sulfide) groups is 1. The van der Waals surface area contributed by atoms with Crippen molar-refractivity contribution in [3.05, 3.63) is 67.2 Å². The van der Waals surface area contributed by atoms with Crippen molar-refractivity contribution in [3.8, 4) is 17.1 Å². The van der Waals surface area contributed by atoms with E-state index in [-0.39, 0.29) is 0 Å². The molecule has 4 rings (SSSR count). The second kappa shape index (κ2) is 7.45. The zero-order valence-electron chi connectivity index (χ0n) is 13.8. The molecule has 0 spiro atoms. The van der Waals surface area contributed by atoms with Gasteiger partial charge in [0, 0.05) is 17.0 Å². The first-order valence-corrected chi connectivity index (χ1v) is 9.05. The average Bonchev–Trinajstić information content (AvgIpc) is 3.13. The highest BCUT2D eigenvalue weighted by Crippen LogP contribution is 2.36. The summed E-state index contributed by atoms with van der Waals surface area (Å²) < 4.78 is 11.4. The van der Waals surface area contributed by atoms with Crippen LogP contribution in [0.15, 0.2) is 71.0 Å². The molecule has 0 unspecified atom stereocenters. The number of rotatable bonds is 5. The molecule has 7 heteroatoms. The van der Waals surface area contributed by atoms with Crippen LogP contribution >= 0.6 is 11.8 Å². The van der Waals surface area contributed by atoms with Gasteiger partial charge in [0.05, 0.1) is 6.26 Å². The van der Waals surface area contributed by atoms with Crippen molar-refractivity contribution in [3.63, 3.8) is 0 Å². The number of fused-ring (bicyclic) bond motifs is 3. The van der Waals surface area contributed by atoms with Crippen LogP contribution in [0.25, 0.3) is 17.3 Å². The van der Waals surface area contributed by atoms with Gasteiger partial charge in [0.15, 0.2) is 11.9 Å². The Hall–Kier alpha value is -3.06. The largest absolute Gasteiger partial charge is 0.465 e. The molecular formula is C19H16N4O2S. The van der Waals surface area contributed by atoms with E-state index in [0.29, 0.717) is 22.5 Å². The normalized spacial score (nSPS) is 15.5. The lowest BCUT2D eigenvalue weighted by atomic mass is 10.1. The second-order valence-electron chi connectivity index (χ2n) is 5.45. The van der Waals surface area contributed by atoms with Gasteiger partial charge in [-0.2, -0.15) is 4.98 Å². The molecule has 6 nitrogen and oxygen atoms in total. The van der Waals surface area contributed by atoms with E-state index in [9.17, 15) is 0 Å². The predicted molar refractivity (Wildman–Crippen MR) is 102 cm³/mol. The van der Waals surface area contributed by atoms with Gasteiger partial charge in [0.2, 0.25) is 11.0 Å². The lowest BCUT2D eigenvalue weighted by Gasteiger charge is -2.15. The summed E-state index contributed by atoms with van der Waals surface area (Å²) in [4.78, 5) is 4.53. The smallest absolute Gasteiger partial charge is 0.247 e. The van der Waals surface area contributed by atoms with Crippen molar-refractivity contribution in [1.82, 2.24) is 15.2 Å². The maximum atomic E-state index is 6.07. The number of nitrogens with one attached hydrogen (secondary N) is 1. The van der Waals surface area contributed by atoms with Gasteiger partial charge < -0.3 is 14.5 Å². The summed E-state index contributed by atoms with van der Waals surface area (Å²) in [5, 5.41) is 12.4. The van der Waals surface area contributed by atoms with Gasteiger partial charge in [-0.1, -0.05) is 36.0 Å². The Morgan fingerprint density at radius 3 is 2.96 bits per heavy atom. The van der Waals surface area contributed by atoms with Gasteiger partial charge in [0.25, 0.3) is 0 Å². The molecule has 1 aliphatic rings. The minimum atomic E-state index is -0.420. The highest BCUT2D eigenvalue weighted by atomic mass is 32.2. The monoisotopic (exact) mass is 364 g/mol. The van der Waals surface area contributed by atoms with Crippen molar-refractivity contribution >= 4 is 23.5 Å². The zero-order valence-corrected chi connectivity index (χ0v) is 14.6. The second-order valence-corrected chi connectivity index (χ2v) is 6.44. The van der Waals surface area contributed by atoms with Crippen molar-refractivity contribution < 1.29 is 9.15 Å². The minimum absolute atomic E-state index is 0.420. The molecule has 0 saturated carbocycles. The third-order valence-electron chi connectivity index (χ3n) is 3.66. The Morgan fingerprint density at radius 1 is 1.19 bits per heavy atom. The SMILES string of the molecule is C=CCSc1nnc2c(n1)O[C@@H](/C=C/c1ccco1)Nc1ccccc1-2. The average molecular weight is 364 g/mol. The molecule has 3 aromatic rings. The number of hydrogen-bond acceptors (Lipinski definition) is 7. The molecule has 0 amide bonds. The van der Waals surface area contributed by atoms with E-state index >= 15 is 0 Å². The van der Waals surface area contributed by atoms with Crippen LogP contribution in [-0.2, 0) is 0 Å². The summed E-state index contributed by atoms with van der Waals surface area (Å²) in [7, 11) is 0. The van der Waals surface area contributed by atoms with Crippen LogP contribution in [0.3, 0.4) is 0 Å². The number of para-hydroxylation sites is 1. The fraction of sp³-hybridized carbons (Fsp3) is 0.105. The standard InChI is InChI=1S/C19H16N4O2S/c1-2-12-26-19-21-18-17(22-23-19)14-7-3-4-8-15(14)20-16(25-18)10-9-13-6-5-11-24-13/h2-11,16,20H,1,12H2/b10-9+/t16-/m0/s1. The van der Waals surface area contributed by atoms with E-state index in [0.717, 1.165) is 17.0 Å². The Balaban J connectivity index is 1.71. The van der Waals surface area contributed by atoms with Crippen LogP contribution in [0, 0.1) is 0 Å². The van der Waals surface area contributed by atoms with Crippen LogP contribution in [0.1, 0.15) is 5.76 Å². The summed E-state index contributed by atoms with van der Waals surface area (Å²) in [6.45, 7) is 3.71. The molecule has 3 heterocycles. The van der Waals surface area contributed by atoms with E-state index in [1.165, 1.54) is 11.8 Å². The number of nitrogens with zero attached hydrogens (tertiary/aromatic N) is 3. The highest BCUT2D eigenvalue weighted by Gasteiger charge is 2.23. The van der Waals surface area contributed by atoms with Gasteiger partial charge in [-0.25, -0.2) is 0 Å². The van der Waals surface area contributed by atoms with Crippen LogP contribution in [0.5, 0.6) is 5.88 Å². The molecule has 0 fully saturated rings. The Morgan fingerprint density at radius 2 is 2.12 bits per heavy atom. The molecule has 26 heavy (non-hydrogen) atoms. The minimum Gasteiger partial charge on any atom is -0.465 e. The molecule has 1 N–H and O–H groups in total.